The molecule has 0 spiro atoms. The van der Waals surface area contributed by atoms with Gasteiger partial charge in [-0.2, -0.15) is 0 Å². The number of thiazole rings is 1. The van der Waals surface area contributed by atoms with Crippen molar-refractivity contribution in [2.24, 2.45) is 0 Å². The number of carbonyl (C=O) groups is 1. The Morgan fingerprint density at radius 3 is 2.67 bits per heavy atom. The number of likely N-dealkylation sites (tertiary alicyclic amines) is 1. The maximum Gasteiger partial charge on any atom is 0.270 e. The largest absolute Gasteiger partial charge is 0.348 e. The third-order valence-electron chi connectivity index (χ3n) is 4.86. The van der Waals surface area contributed by atoms with E-state index < -0.39 is 0 Å². The molecule has 1 amide bonds. The van der Waals surface area contributed by atoms with Crippen LogP contribution in [0.3, 0.4) is 0 Å². The second-order valence-electron chi connectivity index (χ2n) is 6.89. The van der Waals surface area contributed by atoms with Crippen LogP contribution in [0, 0.1) is 0 Å². The first-order valence-corrected chi connectivity index (χ1v) is 11.1. The number of carbonyl (C=O) groups excluding carboxylic acids is 1. The zero-order valence-electron chi connectivity index (χ0n) is 15.1. The van der Waals surface area contributed by atoms with Gasteiger partial charge in [0, 0.05) is 42.4 Å². The number of aromatic nitrogens is 1. The van der Waals surface area contributed by atoms with Crippen LogP contribution in [0.5, 0.6) is 0 Å². The summed E-state index contributed by atoms with van der Waals surface area (Å²) in [6.45, 7) is 3.08. The lowest BCUT2D eigenvalue weighted by Gasteiger charge is -2.31. The van der Waals surface area contributed by atoms with Crippen LogP contribution in [-0.4, -0.2) is 34.9 Å². The molecule has 1 fully saturated rings. The summed E-state index contributed by atoms with van der Waals surface area (Å²) in [4.78, 5) is 20.9. The van der Waals surface area contributed by atoms with Crippen molar-refractivity contribution in [3.63, 3.8) is 0 Å². The van der Waals surface area contributed by atoms with Gasteiger partial charge in [0.2, 0.25) is 0 Å². The first-order chi connectivity index (χ1) is 13.3. The van der Waals surface area contributed by atoms with E-state index in [0.29, 0.717) is 5.69 Å². The molecule has 0 aliphatic carbocycles. The molecule has 0 bridgehead atoms. The van der Waals surface area contributed by atoms with Gasteiger partial charge in [-0.1, -0.05) is 36.4 Å². The average Bonchev–Trinajstić information content (AvgIpc) is 3.36. The molecule has 140 valence electrons. The molecule has 1 saturated heterocycles. The molecule has 1 N–H and O–H groups in total. The van der Waals surface area contributed by atoms with E-state index in [1.807, 2.05) is 34.9 Å². The minimum atomic E-state index is -0.0396. The number of nitrogens with one attached hydrogen (secondary N) is 1. The number of hydrogen-bond acceptors (Lipinski definition) is 5. The van der Waals surface area contributed by atoms with Crippen molar-refractivity contribution in [3.05, 3.63) is 74.4 Å². The Bertz CT molecular complexity index is 853. The Morgan fingerprint density at radius 2 is 1.93 bits per heavy atom. The zero-order valence-corrected chi connectivity index (χ0v) is 16.8. The van der Waals surface area contributed by atoms with Gasteiger partial charge in [0.25, 0.3) is 5.91 Å². The summed E-state index contributed by atoms with van der Waals surface area (Å²) in [5.74, 6) is -0.0396. The summed E-state index contributed by atoms with van der Waals surface area (Å²) in [5.41, 5.74) is 1.77. The van der Waals surface area contributed by atoms with E-state index in [0.717, 1.165) is 43.9 Å². The predicted molar refractivity (Wildman–Crippen MR) is 111 cm³/mol. The number of nitrogens with zero attached hydrogens (tertiary/aromatic N) is 2. The van der Waals surface area contributed by atoms with Crippen molar-refractivity contribution in [2.75, 3.05) is 13.1 Å². The van der Waals surface area contributed by atoms with E-state index in [4.69, 9.17) is 0 Å². The highest BCUT2D eigenvalue weighted by molar-refractivity contribution is 7.10. The van der Waals surface area contributed by atoms with Crippen LogP contribution in [0.4, 0.5) is 0 Å². The smallest absolute Gasteiger partial charge is 0.270 e. The van der Waals surface area contributed by atoms with Crippen LogP contribution in [0.1, 0.15) is 38.8 Å². The van der Waals surface area contributed by atoms with Gasteiger partial charge in [0.1, 0.15) is 5.69 Å². The van der Waals surface area contributed by atoms with Gasteiger partial charge in [-0.25, -0.2) is 4.98 Å². The van der Waals surface area contributed by atoms with E-state index in [-0.39, 0.29) is 11.9 Å². The molecule has 3 aromatic rings. The molecule has 2 aromatic heterocycles. The lowest BCUT2D eigenvalue weighted by atomic mass is 10.0. The number of piperidine rings is 1. The van der Waals surface area contributed by atoms with Gasteiger partial charge in [-0.3, -0.25) is 9.69 Å². The molecule has 4 nitrogen and oxygen atoms in total. The monoisotopic (exact) mass is 397 g/mol. The van der Waals surface area contributed by atoms with Gasteiger partial charge in [-0.15, -0.1) is 22.7 Å². The van der Waals surface area contributed by atoms with Crippen LogP contribution in [0.15, 0.2) is 53.2 Å². The zero-order chi connectivity index (χ0) is 18.5. The number of amides is 1. The lowest BCUT2D eigenvalue weighted by molar-refractivity contribution is 0.0904. The van der Waals surface area contributed by atoms with Gasteiger partial charge in [-0.05, 0) is 29.9 Å². The summed E-state index contributed by atoms with van der Waals surface area (Å²) in [7, 11) is 0. The SMILES string of the molecule is O=C(NC1CCN(Cc2cccs2)CC1)c1csc(Cc2ccccc2)n1. The fraction of sp³-hybridized carbons (Fsp3) is 0.333. The van der Waals surface area contributed by atoms with Crippen LogP contribution in [0.25, 0.3) is 0 Å². The number of rotatable bonds is 6. The predicted octanol–water partition coefficient (Wildman–Crippen LogP) is 4.19. The molecule has 0 saturated carbocycles. The molecule has 27 heavy (non-hydrogen) atoms. The molecular weight excluding hydrogens is 374 g/mol. The Labute approximate surface area is 167 Å². The van der Waals surface area contributed by atoms with E-state index >= 15 is 0 Å². The second kappa shape index (κ2) is 8.78. The maximum atomic E-state index is 12.5. The normalized spacial score (nSPS) is 15.7. The fourth-order valence-electron chi connectivity index (χ4n) is 3.38. The molecule has 0 atom stereocenters. The molecule has 1 aliphatic rings. The van der Waals surface area contributed by atoms with E-state index in [1.165, 1.54) is 10.4 Å². The van der Waals surface area contributed by atoms with Crippen molar-refractivity contribution >= 4 is 28.6 Å². The van der Waals surface area contributed by atoms with Crippen molar-refractivity contribution in [1.29, 1.82) is 0 Å². The second-order valence-corrected chi connectivity index (χ2v) is 8.87. The van der Waals surface area contributed by atoms with Crippen LogP contribution in [0.2, 0.25) is 0 Å². The van der Waals surface area contributed by atoms with Crippen molar-refractivity contribution in [2.45, 2.75) is 31.8 Å². The highest BCUT2D eigenvalue weighted by atomic mass is 32.1. The standard InChI is InChI=1S/C21H23N3OS2/c25-21(19-15-27-20(23-19)13-16-5-2-1-3-6-16)22-17-8-10-24(11-9-17)14-18-7-4-12-26-18/h1-7,12,15,17H,8-11,13-14H2,(H,22,25). The quantitative estimate of drug-likeness (QED) is 0.678. The van der Waals surface area contributed by atoms with Crippen molar-refractivity contribution in [3.8, 4) is 0 Å². The minimum Gasteiger partial charge on any atom is -0.348 e. The minimum absolute atomic E-state index is 0.0396. The van der Waals surface area contributed by atoms with E-state index in [9.17, 15) is 4.79 Å². The molecule has 6 heteroatoms. The summed E-state index contributed by atoms with van der Waals surface area (Å²) < 4.78 is 0. The average molecular weight is 398 g/mol. The van der Waals surface area contributed by atoms with E-state index in [1.54, 1.807) is 11.3 Å². The number of benzene rings is 1. The summed E-state index contributed by atoms with van der Waals surface area (Å²) in [6, 6.07) is 14.8. The topological polar surface area (TPSA) is 45.2 Å². The van der Waals surface area contributed by atoms with Gasteiger partial charge in [0.05, 0.1) is 5.01 Å². The maximum absolute atomic E-state index is 12.5. The Morgan fingerprint density at radius 1 is 1.11 bits per heavy atom. The molecule has 0 radical (unpaired) electrons. The molecule has 1 aliphatic heterocycles. The highest BCUT2D eigenvalue weighted by Crippen LogP contribution is 2.18. The fourth-order valence-corrected chi connectivity index (χ4v) is 4.94. The Balaban J connectivity index is 1.26. The summed E-state index contributed by atoms with van der Waals surface area (Å²) in [5, 5.41) is 8.16. The van der Waals surface area contributed by atoms with Gasteiger partial charge in [0.15, 0.2) is 0 Å². The third-order valence-corrected chi connectivity index (χ3v) is 6.57. The highest BCUT2D eigenvalue weighted by Gasteiger charge is 2.22. The first-order valence-electron chi connectivity index (χ1n) is 9.30. The van der Waals surface area contributed by atoms with Crippen molar-refractivity contribution < 1.29 is 4.79 Å². The molecule has 3 heterocycles. The molecule has 1 aromatic carbocycles. The lowest BCUT2D eigenvalue weighted by Crippen LogP contribution is -2.44. The van der Waals surface area contributed by atoms with E-state index in [2.05, 4.69) is 44.8 Å². The van der Waals surface area contributed by atoms with Gasteiger partial charge >= 0.3 is 0 Å². The van der Waals surface area contributed by atoms with Crippen molar-refractivity contribution in [1.82, 2.24) is 15.2 Å². The number of thiophene rings is 1. The molecular formula is C21H23N3OS2. The number of hydrogen-bond donors (Lipinski definition) is 1. The summed E-state index contributed by atoms with van der Waals surface area (Å²) >= 11 is 3.37. The first kappa shape index (κ1) is 18.3. The van der Waals surface area contributed by atoms with Gasteiger partial charge < -0.3 is 5.32 Å². The Hall–Kier alpha value is -2.02. The van der Waals surface area contributed by atoms with Crippen LogP contribution in [-0.2, 0) is 13.0 Å². The summed E-state index contributed by atoms with van der Waals surface area (Å²) in [6.07, 6.45) is 2.77. The third kappa shape index (κ3) is 5.03. The Kier molecular flexibility index (Phi) is 5.97. The van der Waals surface area contributed by atoms with Crippen LogP contribution >= 0.6 is 22.7 Å². The molecule has 0 unspecified atom stereocenters. The van der Waals surface area contributed by atoms with Crippen LogP contribution < -0.4 is 5.32 Å². The molecule has 4 rings (SSSR count).